The molecule has 0 aliphatic carbocycles. The first kappa shape index (κ1) is 21.8. The van der Waals surface area contributed by atoms with Crippen molar-refractivity contribution in [2.45, 2.75) is 33.7 Å². The number of benzene rings is 2. The van der Waals surface area contributed by atoms with E-state index in [0.717, 1.165) is 32.8 Å². The van der Waals surface area contributed by atoms with Crippen LogP contribution < -0.4 is 14.4 Å². The number of methoxy groups -OCH3 is 1. The highest BCUT2D eigenvalue weighted by Gasteiger charge is 2.25. The Morgan fingerprint density at radius 1 is 1.11 bits per heavy atom. The monoisotopic (exact) mass is 404 g/mol. The summed E-state index contributed by atoms with van der Waals surface area (Å²) in [4.78, 5) is 12.7. The summed E-state index contributed by atoms with van der Waals surface area (Å²) in [6.07, 6.45) is 1.08. The molecule has 1 N–H and O–H groups in total. The number of hydrogen-bond acceptors (Lipinski definition) is 4. The Balaban J connectivity index is 2.27. The van der Waals surface area contributed by atoms with Gasteiger partial charge in [0.05, 0.1) is 25.1 Å². The number of amides is 1. The number of nitrogens with zero attached hydrogens (tertiary/aromatic N) is 1. The first-order valence-corrected chi connectivity index (χ1v) is 10.9. The summed E-state index contributed by atoms with van der Waals surface area (Å²) >= 11 is 0. The number of carbonyl (C=O) groups excluding carboxylic acids is 1. The summed E-state index contributed by atoms with van der Waals surface area (Å²) in [5.74, 6) is 0.00814. The molecule has 6 nitrogen and oxygen atoms in total. The number of sulfonamides is 1. The fourth-order valence-electron chi connectivity index (χ4n) is 3.10. The van der Waals surface area contributed by atoms with E-state index < -0.39 is 10.0 Å². The minimum absolute atomic E-state index is 0.242. The SMILES string of the molecule is COc1ccc(C)cc1N(CC(=O)N[C@H](C)c1cc(C)ccc1C)S(C)(=O)=O. The Labute approximate surface area is 167 Å². The van der Waals surface area contributed by atoms with E-state index in [1.54, 1.807) is 12.1 Å². The summed E-state index contributed by atoms with van der Waals surface area (Å²) in [5, 5.41) is 2.90. The van der Waals surface area contributed by atoms with Crippen molar-refractivity contribution < 1.29 is 17.9 Å². The van der Waals surface area contributed by atoms with Crippen molar-refractivity contribution >= 4 is 21.6 Å². The molecular weight excluding hydrogens is 376 g/mol. The van der Waals surface area contributed by atoms with Crippen molar-refractivity contribution in [3.63, 3.8) is 0 Å². The van der Waals surface area contributed by atoms with E-state index in [4.69, 9.17) is 4.74 Å². The second-order valence-electron chi connectivity index (χ2n) is 7.09. The number of nitrogens with one attached hydrogen (secondary N) is 1. The van der Waals surface area contributed by atoms with Gasteiger partial charge in [-0.15, -0.1) is 0 Å². The zero-order valence-electron chi connectivity index (χ0n) is 17.2. The first-order valence-electron chi connectivity index (χ1n) is 9.01. The number of carbonyl (C=O) groups is 1. The second kappa shape index (κ2) is 8.65. The molecule has 0 aliphatic rings. The number of ether oxygens (including phenoxy) is 1. The van der Waals surface area contributed by atoms with Gasteiger partial charge in [-0.05, 0) is 56.5 Å². The van der Waals surface area contributed by atoms with Crippen LogP contribution in [0.2, 0.25) is 0 Å². The van der Waals surface area contributed by atoms with Crippen LogP contribution in [0.15, 0.2) is 36.4 Å². The van der Waals surface area contributed by atoms with Crippen LogP contribution in [0.1, 0.15) is 35.2 Å². The van der Waals surface area contributed by atoms with E-state index >= 15 is 0 Å². The van der Waals surface area contributed by atoms with Crippen LogP contribution >= 0.6 is 0 Å². The lowest BCUT2D eigenvalue weighted by Crippen LogP contribution is -2.41. The number of anilines is 1. The smallest absolute Gasteiger partial charge is 0.241 e. The molecule has 1 amide bonds. The highest BCUT2D eigenvalue weighted by atomic mass is 32.2. The Morgan fingerprint density at radius 3 is 2.32 bits per heavy atom. The summed E-state index contributed by atoms with van der Waals surface area (Å²) in [6.45, 7) is 7.39. The summed E-state index contributed by atoms with van der Waals surface area (Å²) in [6, 6.07) is 11.0. The van der Waals surface area contributed by atoms with E-state index in [0.29, 0.717) is 11.4 Å². The molecule has 0 unspecified atom stereocenters. The largest absolute Gasteiger partial charge is 0.495 e. The molecule has 0 saturated carbocycles. The molecule has 0 bridgehead atoms. The van der Waals surface area contributed by atoms with E-state index in [-0.39, 0.29) is 18.5 Å². The van der Waals surface area contributed by atoms with Crippen molar-refractivity contribution in [2.24, 2.45) is 0 Å². The van der Waals surface area contributed by atoms with Crippen molar-refractivity contribution in [1.29, 1.82) is 0 Å². The molecule has 2 aromatic carbocycles. The highest BCUT2D eigenvalue weighted by Crippen LogP contribution is 2.31. The molecular formula is C21H28N2O4S. The zero-order valence-corrected chi connectivity index (χ0v) is 18.1. The van der Waals surface area contributed by atoms with Gasteiger partial charge in [0.2, 0.25) is 15.9 Å². The van der Waals surface area contributed by atoms with Crippen LogP contribution in [0.3, 0.4) is 0 Å². The van der Waals surface area contributed by atoms with Crippen molar-refractivity contribution in [3.8, 4) is 5.75 Å². The van der Waals surface area contributed by atoms with Crippen LogP contribution in [-0.4, -0.2) is 34.2 Å². The Morgan fingerprint density at radius 2 is 1.71 bits per heavy atom. The van der Waals surface area contributed by atoms with Crippen molar-refractivity contribution in [1.82, 2.24) is 5.32 Å². The topological polar surface area (TPSA) is 75.7 Å². The van der Waals surface area contributed by atoms with E-state index in [9.17, 15) is 13.2 Å². The van der Waals surface area contributed by atoms with E-state index in [1.807, 2.05) is 52.0 Å². The van der Waals surface area contributed by atoms with Crippen molar-refractivity contribution in [3.05, 3.63) is 58.7 Å². The molecule has 0 spiro atoms. The van der Waals surface area contributed by atoms with Gasteiger partial charge in [0.1, 0.15) is 12.3 Å². The molecule has 2 rings (SSSR count). The predicted octanol–water partition coefficient (Wildman–Crippen LogP) is 3.26. The summed E-state index contributed by atoms with van der Waals surface area (Å²) in [5.41, 5.74) is 4.39. The zero-order chi connectivity index (χ0) is 21.1. The highest BCUT2D eigenvalue weighted by molar-refractivity contribution is 7.92. The molecule has 152 valence electrons. The van der Waals surface area contributed by atoms with E-state index in [2.05, 4.69) is 5.32 Å². The van der Waals surface area contributed by atoms with Gasteiger partial charge < -0.3 is 10.1 Å². The molecule has 2 aromatic rings. The predicted molar refractivity (Wildman–Crippen MR) is 112 cm³/mol. The molecule has 28 heavy (non-hydrogen) atoms. The average molecular weight is 405 g/mol. The van der Waals surface area contributed by atoms with Crippen molar-refractivity contribution in [2.75, 3.05) is 24.2 Å². The average Bonchev–Trinajstić information content (AvgIpc) is 2.60. The maximum absolute atomic E-state index is 12.7. The third-order valence-electron chi connectivity index (χ3n) is 4.57. The van der Waals surface area contributed by atoms with Gasteiger partial charge in [0.15, 0.2) is 0 Å². The Kier molecular flexibility index (Phi) is 6.72. The molecule has 0 heterocycles. The molecule has 1 atom stereocenters. The molecule has 0 fully saturated rings. The van der Waals surface area contributed by atoms with Crippen LogP contribution in [0.4, 0.5) is 5.69 Å². The molecule has 0 radical (unpaired) electrons. The van der Waals surface area contributed by atoms with Gasteiger partial charge in [-0.2, -0.15) is 0 Å². The summed E-state index contributed by atoms with van der Waals surface area (Å²) in [7, 11) is -2.22. The minimum atomic E-state index is -3.69. The maximum Gasteiger partial charge on any atom is 0.241 e. The second-order valence-corrected chi connectivity index (χ2v) is 9.00. The van der Waals surface area contributed by atoms with Crippen LogP contribution in [0.5, 0.6) is 5.75 Å². The third-order valence-corrected chi connectivity index (χ3v) is 5.70. The lowest BCUT2D eigenvalue weighted by Gasteiger charge is -2.25. The quantitative estimate of drug-likeness (QED) is 0.769. The van der Waals surface area contributed by atoms with Gasteiger partial charge in [-0.25, -0.2) is 8.42 Å². The Bertz CT molecular complexity index is 970. The van der Waals surface area contributed by atoms with E-state index in [1.165, 1.54) is 7.11 Å². The fourth-order valence-corrected chi connectivity index (χ4v) is 3.95. The standard InChI is InChI=1S/C21H28N2O4S/c1-14-7-9-16(3)18(11-14)17(4)22-21(24)13-23(28(6,25)26)19-12-15(2)8-10-20(19)27-5/h7-12,17H,13H2,1-6H3,(H,22,24)/t17-/m1/s1. The van der Waals surface area contributed by atoms with Crippen LogP contribution in [0, 0.1) is 20.8 Å². The van der Waals surface area contributed by atoms with Crippen LogP contribution in [-0.2, 0) is 14.8 Å². The minimum Gasteiger partial charge on any atom is -0.495 e. The number of aryl methyl sites for hydroxylation is 3. The van der Waals surface area contributed by atoms with Gasteiger partial charge in [0.25, 0.3) is 0 Å². The maximum atomic E-state index is 12.7. The lowest BCUT2D eigenvalue weighted by molar-refractivity contribution is -0.120. The van der Waals surface area contributed by atoms with Gasteiger partial charge in [0, 0.05) is 0 Å². The van der Waals surface area contributed by atoms with Gasteiger partial charge in [-0.1, -0.05) is 29.8 Å². The van der Waals surface area contributed by atoms with Gasteiger partial charge >= 0.3 is 0 Å². The fraction of sp³-hybridized carbons (Fsp3) is 0.381. The molecule has 0 aromatic heterocycles. The van der Waals surface area contributed by atoms with Crippen LogP contribution in [0.25, 0.3) is 0 Å². The Hall–Kier alpha value is -2.54. The number of rotatable bonds is 7. The first-order chi connectivity index (χ1) is 13.0. The molecule has 0 aliphatic heterocycles. The third kappa shape index (κ3) is 5.25. The molecule has 0 saturated heterocycles. The lowest BCUT2D eigenvalue weighted by atomic mass is 10.00. The summed E-state index contributed by atoms with van der Waals surface area (Å²) < 4.78 is 31.2. The molecule has 7 heteroatoms. The number of hydrogen-bond donors (Lipinski definition) is 1. The normalized spacial score (nSPS) is 12.4. The van der Waals surface area contributed by atoms with Gasteiger partial charge in [-0.3, -0.25) is 9.10 Å².